The van der Waals surface area contributed by atoms with Crippen molar-refractivity contribution in [3.63, 3.8) is 0 Å². The van der Waals surface area contributed by atoms with E-state index < -0.39 is 0 Å². The molecule has 1 saturated carbocycles. The standard InChI is InChI=1S/C16H27N3/c1-2-10-18-15(16-13-17-11-12-19-16)9-8-14-6-4-3-5-7-14/h11-15,18H,2-10H2,1H3. The van der Waals surface area contributed by atoms with E-state index in [1.165, 1.54) is 51.4 Å². The fourth-order valence-corrected chi connectivity index (χ4v) is 3.04. The van der Waals surface area contributed by atoms with Crippen LogP contribution in [0.15, 0.2) is 18.6 Å². The van der Waals surface area contributed by atoms with Crippen LogP contribution in [0.5, 0.6) is 0 Å². The normalized spacial score (nSPS) is 18.4. The van der Waals surface area contributed by atoms with Gasteiger partial charge in [0.25, 0.3) is 0 Å². The summed E-state index contributed by atoms with van der Waals surface area (Å²) in [5, 5.41) is 3.62. The maximum atomic E-state index is 4.47. The van der Waals surface area contributed by atoms with Crippen LogP contribution in [-0.2, 0) is 0 Å². The number of nitrogens with zero attached hydrogens (tertiary/aromatic N) is 2. The van der Waals surface area contributed by atoms with Crippen LogP contribution in [0.3, 0.4) is 0 Å². The molecule has 1 fully saturated rings. The minimum atomic E-state index is 0.385. The average molecular weight is 261 g/mol. The molecule has 1 aromatic heterocycles. The Kier molecular flexibility index (Phi) is 6.28. The fraction of sp³-hybridized carbons (Fsp3) is 0.750. The summed E-state index contributed by atoms with van der Waals surface area (Å²) in [6.45, 7) is 3.27. The summed E-state index contributed by atoms with van der Waals surface area (Å²) >= 11 is 0. The van der Waals surface area contributed by atoms with Crippen LogP contribution < -0.4 is 5.32 Å². The molecule has 19 heavy (non-hydrogen) atoms. The zero-order valence-electron chi connectivity index (χ0n) is 12.1. The van der Waals surface area contributed by atoms with Crippen molar-refractivity contribution in [1.82, 2.24) is 15.3 Å². The molecule has 1 aromatic rings. The van der Waals surface area contributed by atoms with Gasteiger partial charge >= 0.3 is 0 Å². The molecule has 0 saturated heterocycles. The maximum absolute atomic E-state index is 4.47. The van der Waals surface area contributed by atoms with Gasteiger partial charge in [-0.15, -0.1) is 0 Å². The van der Waals surface area contributed by atoms with Gasteiger partial charge in [0, 0.05) is 18.6 Å². The van der Waals surface area contributed by atoms with Crippen molar-refractivity contribution in [2.75, 3.05) is 6.54 Å². The van der Waals surface area contributed by atoms with E-state index in [-0.39, 0.29) is 0 Å². The van der Waals surface area contributed by atoms with Crippen LogP contribution in [0, 0.1) is 5.92 Å². The zero-order chi connectivity index (χ0) is 13.3. The third-order valence-corrected chi connectivity index (χ3v) is 4.17. The van der Waals surface area contributed by atoms with Crippen LogP contribution in [0.25, 0.3) is 0 Å². The number of hydrogen-bond acceptors (Lipinski definition) is 3. The lowest BCUT2D eigenvalue weighted by molar-refractivity contribution is 0.313. The lowest BCUT2D eigenvalue weighted by atomic mass is 9.85. The molecular formula is C16H27N3. The molecule has 0 radical (unpaired) electrons. The Morgan fingerprint density at radius 1 is 1.26 bits per heavy atom. The van der Waals surface area contributed by atoms with E-state index >= 15 is 0 Å². The average Bonchev–Trinajstić information content (AvgIpc) is 2.49. The largest absolute Gasteiger partial charge is 0.309 e. The van der Waals surface area contributed by atoms with Gasteiger partial charge in [0.05, 0.1) is 11.7 Å². The summed E-state index contributed by atoms with van der Waals surface area (Å²) in [6, 6.07) is 0.385. The topological polar surface area (TPSA) is 37.8 Å². The van der Waals surface area contributed by atoms with E-state index in [1.807, 2.05) is 6.20 Å². The van der Waals surface area contributed by atoms with Crippen LogP contribution in [0.4, 0.5) is 0 Å². The van der Waals surface area contributed by atoms with Gasteiger partial charge in [0.1, 0.15) is 0 Å². The predicted molar refractivity (Wildman–Crippen MR) is 78.9 cm³/mol. The molecule has 1 heterocycles. The van der Waals surface area contributed by atoms with E-state index in [9.17, 15) is 0 Å². The molecule has 1 atom stereocenters. The van der Waals surface area contributed by atoms with Crippen LogP contribution in [0.2, 0.25) is 0 Å². The lowest BCUT2D eigenvalue weighted by Crippen LogP contribution is -2.24. The summed E-state index contributed by atoms with van der Waals surface area (Å²) in [7, 11) is 0. The molecule has 2 rings (SSSR count). The number of rotatable bonds is 7. The summed E-state index contributed by atoms with van der Waals surface area (Å²) in [6.07, 6.45) is 16.3. The second-order valence-corrected chi connectivity index (χ2v) is 5.72. The Morgan fingerprint density at radius 2 is 2.11 bits per heavy atom. The van der Waals surface area contributed by atoms with Crippen molar-refractivity contribution in [3.05, 3.63) is 24.3 Å². The fourth-order valence-electron chi connectivity index (χ4n) is 3.04. The molecule has 1 unspecified atom stereocenters. The highest BCUT2D eigenvalue weighted by molar-refractivity contribution is 5.02. The second-order valence-electron chi connectivity index (χ2n) is 5.72. The van der Waals surface area contributed by atoms with Gasteiger partial charge in [-0.25, -0.2) is 0 Å². The van der Waals surface area contributed by atoms with Crippen molar-refractivity contribution >= 4 is 0 Å². The molecule has 0 aliphatic heterocycles. The first-order chi connectivity index (χ1) is 9.40. The summed E-state index contributed by atoms with van der Waals surface area (Å²) in [5.74, 6) is 0.941. The zero-order valence-corrected chi connectivity index (χ0v) is 12.1. The van der Waals surface area contributed by atoms with Gasteiger partial charge in [-0.2, -0.15) is 0 Å². The van der Waals surface area contributed by atoms with Crippen molar-refractivity contribution in [2.24, 2.45) is 5.92 Å². The molecule has 3 heteroatoms. The Hall–Kier alpha value is -0.960. The van der Waals surface area contributed by atoms with Gasteiger partial charge in [-0.05, 0) is 31.7 Å². The monoisotopic (exact) mass is 261 g/mol. The molecule has 1 N–H and O–H groups in total. The van der Waals surface area contributed by atoms with E-state index in [1.54, 1.807) is 12.4 Å². The quantitative estimate of drug-likeness (QED) is 0.809. The van der Waals surface area contributed by atoms with Crippen molar-refractivity contribution in [1.29, 1.82) is 0 Å². The lowest BCUT2D eigenvalue weighted by Gasteiger charge is -2.24. The Morgan fingerprint density at radius 3 is 2.79 bits per heavy atom. The number of aromatic nitrogens is 2. The molecule has 3 nitrogen and oxygen atoms in total. The maximum Gasteiger partial charge on any atom is 0.0756 e. The Bertz CT molecular complexity index is 333. The van der Waals surface area contributed by atoms with Crippen LogP contribution in [-0.4, -0.2) is 16.5 Å². The molecular weight excluding hydrogens is 234 g/mol. The molecule has 106 valence electrons. The van der Waals surface area contributed by atoms with Crippen LogP contribution >= 0.6 is 0 Å². The molecule has 1 aliphatic rings. The molecule has 0 spiro atoms. The predicted octanol–water partition coefficient (Wildman–Crippen LogP) is 3.88. The van der Waals surface area contributed by atoms with E-state index in [0.29, 0.717) is 6.04 Å². The van der Waals surface area contributed by atoms with Crippen molar-refractivity contribution < 1.29 is 0 Å². The molecule has 0 aromatic carbocycles. The third kappa shape index (κ3) is 4.90. The highest BCUT2D eigenvalue weighted by atomic mass is 14.9. The van der Waals surface area contributed by atoms with Crippen LogP contribution in [0.1, 0.15) is 70.0 Å². The molecule has 0 bridgehead atoms. The van der Waals surface area contributed by atoms with E-state index in [4.69, 9.17) is 0 Å². The third-order valence-electron chi connectivity index (χ3n) is 4.17. The van der Waals surface area contributed by atoms with Gasteiger partial charge in [0.2, 0.25) is 0 Å². The van der Waals surface area contributed by atoms with Gasteiger partial charge < -0.3 is 5.32 Å². The minimum absolute atomic E-state index is 0.385. The van der Waals surface area contributed by atoms with Gasteiger partial charge in [-0.1, -0.05) is 39.0 Å². The van der Waals surface area contributed by atoms with Gasteiger partial charge in [0.15, 0.2) is 0 Å². The molecule has 1 aliphatic carbocycles. The minimum Gasteiger partial charge on any atom is -0.309 e. The first-order valence-electron chi connectivity index (χ1n) is 7.89. The van der Waals surface area contributed by atoms with Crippen molar-refractivity contribution in [2.45, 2.75) is 64.3 Å². The summed E-state index contributed by atoms with van der Waals surface area (Å²) < 4.78 is 0. The first-order valence-corrected chi connectivity index (χ1v) is 7.89. The first kappa shape index (κ1) is 14.4. The highest BCUT2D eigenvalue weighted by Crippen LogP contribution is 2.29. The summed E-state index contributed by atoms with van der Waals surface area (Å²) in [4.78, 5) is 8.68. The van der Waals surface area contributed by atoms with Gasteiger partial charge in [-0.3, -0.25) is 9.97 Å². The van der Waals surface area contributed by atoms with Crippen molar-refractivity contribution in [3.8, 4) is 0 Å². The highest BCUT2D eigenvalue weighted by Gasteiger charge is 2.17. The summed E-state index contributed by atoms with van der Waals surface area (Å²) in [5.41, 5.74) is 1.10. The Labute approximate surface area is 117 Å². The SMILES string of the molecule is CCCNC(CCC1CCCCC1)c1cnccn1. The Balaban J connectivity index is 1.86. The van der Waals surface area contributed by atoms with E-state index in [0.717, 1.165) is 18.2 Å². The molecule has 0 amide bonds. The number of hydrogen-bond donors (Lipinski definition) is 1. The second kappa shape index (κ2) is 8.26. The smallest absolute Gasteiger partial charge is 0.0756 e. The van der Waals surface area contributed by atoms with E-state index in [2.05, 4.69) is 22.2 Å². The number of nitrogens with one attached hydrogen (secondary N) is 1.